The number of nitrogens with one attached hydrogen (secondary N) is 1. The number of aromatic nitrogens is 4. The third-order valence-electron chi connectivity index (χ3n) is 6.86. The first-order chi connectivity index (χ1) is 16.7. The fraction of sp³-hybridized carbons (Fsp3) is 0.542. The molecule has 4 N–H and O–H groups in total. The van der Waals surface area contributed by atoms with Gasteiger partial charge in [-0.2, -0.15) is 4.98 Å². The van der Waals surface area contributed by atoms with E-state index in [1.165, 1.54) is 6.33 Å². The molecule has 10 nitrogen and oxygen atoms in total. The molecule has 1 aromatic carbocycles. The summed E-state index contributed by atoms with van der Waals surface area (Å²) in [6.45, 7) is 3.82. The van der Waals surface area contributed by atoms with Crippen LogP contribution in [0, 0.1) is 0 Å². The summed E-state index contributed by atoms with van der Waals surface area (Å²) < 4.78 is 13.6. The Bertz CT molecular complexity index is 1180. The standard InChI is InChI=1S/C24H30ClN5O5/c1-13-18(31)19(32)22(35-13)30-20-17(29-23(30)28-16-7-9-24(2,33)10-8-16)21(27-12-26-20)34-11-14-3-5-15(25)6-4-14/h3-6,12-13,16,18-19,22,31-33H,7-11H2,1-2H3,(H,28,29)/t13-,16-,18-,19-,22-,24+/m1/s1. The average Bonchev–Trinajstić information content (AvgIpc) is 3.32. The highest BCUT2D eigenvalue weighted by Crippen LogP contribution is 2.37. The van der Waals surface area contributed by atoms with Crippen molar-refractivity contribution in [2.45, 2.75) is 82.3 Å². The Balaban J connectivity index is 1.48. The molecular weight excluding hydrogens is 474 g/mol. The number of fused-ring (bicyclic) bond motifs is 1. The highest BCUT2D eigenvalue weighted by Gasteiger charge is 2.43. The molecule has 11 heteroatoms. The highest BCUT2D eigenvalue weighted by molar-refractivity contribution is 6.30. The number of imidazole rings is 1. The lowest BCUT2D eigenvalue weighted by molar-refractivity contribution is -0.0289. The SMILES string of the molecule is C[C@H]1O[C@@H](n2c(N[C@H]3CC[C@@](C)(O)CC3)nc3c(OCc4ccc(Cl)cc4)ncnc32)[C@H](O)[C@@H]1O. The van der Waals surface area contributed by atoms with E-state index in [1.54, 1.807) is 23.6 Å². The van der Waals surface area contributed by atoms with Gasteiger partial charge >= 0.3 is 0 Å². The first-order valence-electron chi connectivity index (χ1n) is 11.8. The summed E-state index contributed by atoms with van der Waals surface area (Å²) in [5, 5.41) is 35.5. The van der Waals surface area contributed by atoms with Crippen molar-refractivity contribution in [1.82, 2.24) is 19.5 Å². The number of hydrogen-bond donors (Lipinski definition) is 4. The number of rotatable bonds is 6. The van der Waals surface area contributed by atoms with Gasteiger partial charge in [0.25, 0.3) is 0 Å². The van der Waals surface area contributed by atoms with Crippen molar-refractivity contribution in [3.05, 3.63) is 41.2 Å². The van der Waals surface area contributed by atoms with Crippen LogP contribution in [0.15, 0.2) is 30.6 Å². The van der Waals surface area contributed by atoms with E-state index in [-0.39, 0.29) is 12.6 Å². The summed E-state index contributed by atoms with van der Waals surface area (Å²) in [7, 11) is 0. The van der Waals surface area contributed by atoms with Crippen molar-refractivity contribution in [1.29, 1.82) is 0 Å². The fourth-order valence-electron chi connectivity index (χ4n) is 4.68. The predicted molar refractivity (Wildman–Crippen MR) is 129 cm³/mol. The Morgan fingerprint density at radius 3 is 2.54 bits per heavy atom. The molecule has 0 radical (unpaired) electrons. The van der Waals surface area contributed by atoms with E-state index >= 15 is 0 Å². The molecule has 0 bridgehead atoms. The van der Waals surface area contributed by atoms with Crippen molar-refractivity contribution in [2.24, 2.45) is 0 Å². The van der Waals surface area contributed by atoms with Crippen LogP contribution in [0.1, 0.15) is 51.3 Å². The zero-order chi connectivity index (χ0) is 24.7. The molecule has 35 heavy (non-hydrogen) atoms. The van der Waals surface area contributed by atoms with Gasteiger partial charge in [0, 0.05) is 11.1 Å². The molecule has 5 rings (SSSR count). The highest BCUT2D eigenvalue weighted by atomic mass is 35.5. The van der Waals surface area contributed by atoms with Crippen molar-refractivity contribution < 1.29 is 24.8 Å². The molecule has 0 spiro atoms. The van der Waals surface area contributed by atoms with Crippen molar-refractivity contribution in [3.8, 4) is 5.88 Å². The van der Waals surface area contributed by atoms with Gasteiger partial charge in [-0.05, 0) is 57.2 Å². The second kappa shape index (κ2) is 9.51. The smallest absolute Gasteiger partial charge is 0.245 e. The molecule has 188 valence electrons. The van der Waals surface area contributed by atoms with Gasteiger partial charge in [-0.3, -0.25) is 4.57 Å². The molecular formula is C24H30ClN5O5. The van der Waals surface area contributed by atoms with E-state index in [0.29, 0.717) is 40.9 Å². The minimum atomic E-state index is -1.16. The van der Waals surface area contributed by atoms with Crippen molar-refractivity contribution >= 4 is 28.7 Å². The molecule has 0 amide bonds. The van der Waals surface area contributed by atoms with Crippen molar-refractivity contribution in [3.63, 3.8) is 0 Å². The number of benzene rings is 1. The average molecular weight is 504 g/mol. The minimum absolute atomic E-state index is 0.0677. The van der Waals surface area contributed by atoms with Crippen LogP contribution in [0.5, 0.6) is 5.88 Å². The van der Waals surface area contributed by atoms with Crippen LogP contribution < -0.4 is 10.1 Å². The molecule has 2 aliphatic rings. The number of nitrogens with zero attached hydrogens (tertiary/aromatic N) is 4. The summed E-state index contributed by atoms with van der Waals surface area (Å²) in [6.07, 6.45) is 0.563. The maximum absolute atomic E-state index is 10.7. The molecule has 1 saturated heterocycles. The largest absolute Gasteiger partial charge is 0.471 e. The maximum atomic E-state index is 10.7. The number of ether oxygens (including phenoxy) is 2. The molecule has 3 aromatic rings. The Morgan fingerprint density at radius 2 is 1.89 bits per heavy atom. The lowest BCUT2D eigenvalue weighted by Gasteiger charge is -2.34. The third-order valence-corrected chi connectivity index (χ3v) is 7.11. The Labute approximate surface area is 207 Å². The van der Waals surface area contributed by atoms with Crippen LogP contribution in [-0.2, 0) is 11.3 Å². The topological polar surface area (TPSA) is 135 Å². The number of aliphatic hydroxyl groups excluding tert-OH is 2. The number of aliphatic hydroxyl groups is 3. The summed E-state index contributed by atoms with van der Waals surface area (Å²) >= 11 is 5.97. The number of halogens is 1. The van der Waals surface area contributed by atoms with Crippen LogP contribution >= 0.6 is 11.6 Å². The van der Waals surface area contributed by atoms with Crippen molar-refractivity contribution in [2.75, 3.05) is 5.32 Å². The van der Waals surface area contributed by atoms with Gasteiger partial charge in [-0.25, -0.2) is 9.97 Å². The molecule has 2 fully saturated rings. The quantitative estimate of drug-likeness (QED) is 0.400. The van der Waals surface area contributed by atoms with Gasteiger partial charge in [0.15, 0.2) is 17.4 Å². The first kappa shape index (κ1) is 24.2. The van der Waals surface area contributed by atoms with Gasteiger partial charge < -0.3 is 30.1 Å². The van der Waals surface area contributed by atoms with Gasteiger partial charge in [-0.15, -0.1) is 0 Å². The molecule has 4 atom stereocenters. The molecule has 1 aliphatic heterocycles. The van der Waals surface area contributed by atoms with Crippen LogP contribution in [0.25, 0.3) is 11.2 Å². The summed E-state index contributed by atoms with van der Waals surface area (Å²) in [4.78, 5) is 13.4. The minimum Gasteiger partial charge on any atom is -0.471 e. The molecule has 2 aromatic heterocycles. The maximum Gasteiger partial charge on any atom is 0.245 e. The Hall–Kier alpha value is -2.50. The molecule has 3 heterocycles. The lowest BCUT2D eigenvalue weighted by Crippen LogP contribution is -2.37. The zero-order valence-electron chi connectivity index (χ0n) is 19.6. The molecule has 1 aliphatic carbocycles. The van der Waals surface area contributed by atoms with Gasteiger partial charge in [0.1, 0.15) is 25.1 Å². The van der Waals surface area contributed by atoms with Gasteiger partial charge in [0.2, 0.25) is 11.8 Å². The molecule has 1 saturated carbocycles. The Kier molecular flexibility index (Phi) is 6.58. The normalized spacial score (nSPS) is 31.1. The van der Waals surface area contributed by atoms with Crippen LogP contribution in [0.2, 0.25) is 5.02 Å². The van der Waals surface area contributed by atoms with Crippen LogP contribution in [0.4, 0.5) is 5.95 Å². The van der Waals surface area contributed by atoms with Crippen LogP contribution in [-0.4, -0.2) is 64.8 Å². The van der Waals surface area contributed by atoms with Gasteiger partial charge in [0.05, 0.1) is 11.7 Å². The van der Waals surface area contributed by atoms with Crippen LogP contribution in [0.3, 0.4) is 0 Å². The summed E-state index contributed by atoms with van der Waals surface area (Å²) in [5.41, 5.74) is 1.08. The summed E-state index contributed by atoms with van der Waals surface area (Å²) in [5.74, 6) is 0.730. The van der Waals surface area contributed by atoms with E-state index < -0.39 is 30.1 Å². The first-order valence-corrected chi connectivity index (χ1v) is 12.2. The van der Waals surface area contributed by atoms with E-state index in [0.717, 1.165) is 18.4 Å². The third kappa shape index (κ3) is 4.94. The summed E-state index contributed by atoms with van der Waals surface area (Å²) in [6, 6.07) is 7.39. The number of anilines is 1. The number of hydrogen-bond acceptors (Lipinski definition) is 9. The van der Waals surface area contributed by atoms with E-state index in [4.69, 9.17) is 26.1 Å². The zero-order valence-corrected chi connectivity index (χ0v) is 20.4. The van der Waals surface area contributed by atoms with E-state index in [9.17, 15) is 15.3 Å². The fourth-order valence-corrected chi connectivity index (χ4v) is 4.80. The lowest BCUT2D eigenvalue weighted by atomic mass is 9.84. The Morgan fingerprint density at radius 1 is 1.17 bits per heavy atom. The second-order valence-electron chi connectivity index (χ2n) is 9.70. The van der Waals surface area contributed by atoms with Gasteiger partial charge in [-0.1, -0.05) is 23.7 Å². The predicted octanol–water partition coefficient (Wildman–Crippen LogP) is 2.80. The monoisotopic (exact) mass is 503 g/mol. The van der Waals surface area contributed by atoms with E-state index in [1.807, 2.05) is 19.1 Å². The molecule has 0 unspecified atom stereocenters. The van der Waals surface area contributed by atoms with E-state index in [2.05, 4.69) is 15.3 Å². The second-order valence-corrected chi connectivity index (χ2v) is 10.1.